The van der Waals surface area contributed by atoms with Crippen LogP contribution in [0.15, 0.2) is 18.3 Å². The first kappa shape index (κ1) is 24.1. The zero-order chi connectivity index (χ0) is 24.0. The second kappa shape index (κ2) is 8.96. The molecule has 1 saturated heterocycles. The van der Waals surface area contributed by atoms with Crippen molar-refractivity contribution in [3.8, 4) is 0 Å². The minimum absolute atomic E-state index is 0.0170. The van der Waals surface area contributed by atoms with E-state index in [1.807, 2.05) is 0 Å². The molecule has 2 aliphatic heterocycles. The predicted octanol–water partition coefficient (Wildman–Crippen LogP) is 4.68. The average molecular weight is 522 g/mol. The molecule has 0 saturated carbocycles. The van der Waals surface area contributed by atoms with Gasteiger partial charge in [0.25, 0.3) is 5.91 Å². The second-order valence-electron chi connectivity index (χ2n) is 8.20. The van der Waals surface area contributed by atoms with Crippen LogP contribution < -0.4 is 10.2 Å². The van der Waals surface area contributed by atoms with Gasteiger partial charge in [-0.05, 0) is 18.8 Å². The van der Waals surface area contributed by atoms with Crippen molar-refractivity contribution >= 4 is 47.9 Å². The number of aromatic nitrogens is 2. The van der Waals surface area contributed by atoms with Gasteiger partial charge in [-0.1, -0.05) is 23.2 Å². The summed E-state index contributed by atoms with van der Waals surface area (Å²) >= 11 is 12.2. The van der Waals surface area contributed by atoms with E-state index in [1.54, 1.807) is 16.5 Å². The molecule has 0 aliphatic carbocycles. The van der Waals surface area contributed by atoms with Gasteiger partial charge >= 0.3 is 6.18 Å². The Morgan fingerprint density at radius 1 is 1.21 bits per heavy atom. The van der Waals surface area contributed by atoms with Gasteiger partial charge in [-0.15, -0.1) is 0 Å². The van der Waals surface area contributed by atoms with Gasteiger partial charge in [0.15, 0.2) is 11.6 Å². The van der Waals surface area contributed by atoms with Crippen molar-refractivity contribution in [1.82, 2.24) is 14.9 Å². The Morgan fingerprint density at radius 3 is 2.58 bits per heavy atom. The fraction of sp³-hybridized carbons (Fsp3) is 0.450. The smallest absolute Gasteiger partial charge is 0.365 e. The van der Waals surface area contributed by atoms with E-state index in [-0.39, 0.29) is 39.6 Å². The van der Waals surface area contributed by atoms with Gasteiger partial charge in [-0.25, -0.2) is 9.97 Å². The minimum Gasteiger partial charge on any atom is -0.365 e. The lowest BCUT2D eigenvalue weighted by Crippen LogP contribution is -2.40. The van der Waals surface area contributed by atoms with Crippen LogP contribution in [0, 0.1) is 0 Å². The summed E-state index contributed by atoms with van der Waals surface area (Å²) in [5.74, 6) is 0.267. The van der Waals surface area contributed by atoms with Crippen molar-refractivity contribution in [2.24, 2.45) is 0 Å². The number of carbonyl (C=O) groups is 1. The molecule has 3 heterocycles. The number of benzene rings is 1. The molecule has 2 aliphatic rings. The highest BCUT2D eigenvalue weighted by Crippen LogP contribution is 2.43. The molecule has 1 amide bonds. The van der Waals surface area contributed by atoms with Gasteiger partial charge in [0.05, 0.1) is 28.9 Å². The average Bonchev–Trinajstić information content (AvgIpc) is 2.75. The topological polar surface area (TPSA) is 78.4 Å². The first-order valence-corrected chi connectivity index (χ1v) is 13.5. The molecule has 13 heteroatoms. The van der Waals surface area contributed by atoms with E-state index >= 15 is 0 Å². The van der Waals surface area contributed by atoms with Crippen molar-refractivity contribution in [3.05, 3.63) is 45.2 Å². The van der Waals surface area contributed by atoms with Crippen LogP contribution in [0.3, 0.4) is 0 Å². The largest absolute Gasteiger partial charge is 0.416 e. The van der Waals surface area contributed by atoms with Crippen LogP contribution >= 0.6 is 30.3 Å². The quantitative estimate of drug-likeness (QED) is 0.590. The van der Waals surface area contributed by atoms with Crippen LogP contribution in [0.25, 0.3) is 0 Å². The SMILES string of the molecule is CP1(=O)CCN(C(=O)c2cnc3c(n2)N(Cc2c(C(F)(F)F)ccc(Cl)c2Cl)CCN3)CC1. The molecule has 1 aromatic heterocycles. The van der Waals surface area contributed by atoms with Gasteiger partial charge in [0.1, 0.15) is 5.69 Å². The van der Waals surface area contributed by atoms with Crippen molar-refractivity contribution in [1.29, 1.82) is 0 Å². The normalized spacial score (nSPS) is 18.0. The molecule has 0 spiro atoms. The van der Waals surface area contributed by atoms with E-state index in [0.29, 0.717) is 44.3 Å². The van der Waals surface area contributed by atoms with Crippen molar-refractivity contribution in [2.75, 3.05) is 55.4 Å². The lowest BCUT2D eigenvalue weighted by molar-refractivity contribution is -0.138. The maximum Gasteiger partial charge on any atom is 0.416 e. The summed E-state index contributed by atoms with van der Waals surface area (Å²) in [6.07, 6.45) is -2.39. The summed E-state index contributed by atoms with van der Waals surface area (Å²) < 4.78 is 53.0. The maximum absolute atomic E-state index is 13.6. The fourth-order valence-electron chi connectivity index (χ4n) is 3.85. The number of carbonyl (C=O) groups excluding carboxylic acids is 1. The zero-order valence-corrected chi connectivity index (χ0v) is 20.0. The molecule has 0 radical (unpaired) electrons. The number of halogens is 5. The monoisotopic (exact) mass is 521 g/mol. The molecular formula is C20H21Cl2F3N5O2P. The Labute approximate surface area is 198 Å². The van der Waals surface area contributed by atoms with Crippen molar-refractivity contribution < 1.29 is 22.5 Å². The number of nitrogens with zero attached hydrogens (tertiary/aromatic N) is 4. The summed E-state index contributed by atoms with van der Waals surface area (Å²) in [5, 5.41) is 2.89. The third-order valence-electron chi connectivity index (χ3n) is 5.77. The van der Waals surface area contributed by atoms with Crippen LogP contribution in [-0.4, -0.2) is 65.9 Å². The molecular weight excluding hydrogens is 501 g/mol. The Bertz CT molecular complexity index is 1140. The number of hydrogen-bond acceptors (Lipinski definition) is 6. The number of anilines is 2. The lowest BCUT2D eigenvalue weighted by atomic mass is 10.1. The molecule has 33 heavy (non-hydrogen) atoms. The summed E-state index contributed by atoms with van der Waals surface area (Å²) in [4.78, 5) is 24.8. The first-order valence-electron chi connectivity index (χ1n) is 10.2. The highest BCUT2D eigenvalue weighted by Gasteiger charge is 2.36. The van der Waals surface area contributed by atoms with Crippen LogP contribution in [0.4, 0.5) is 24.8 Å². The number of amides is 1. The number of hydrogen-bond donors (Lipinski definition) is 1. The number of alkyl halides is 3. The van der Waals surface area contributed by atoms with Crippen molar-refractivity contribution in [3.63, 3.8) is 0 Å². The Balaban J connectivity index is 1.64. The molecule has 0 unspecified atom stereocenters. The minimum atomic E-state index is -4.61. The molecule has 1 aromatic carbocycles. The number of fused-ring (bicyclic) bond motifs is 1. The summed E-state index contributed by atoms with van der Waals surface area (Å²) in [5.41, 5.74) is -0.976. The van der Waals surface area contributed by atoms with Gasteiger partial charge in [-0.3, -0.25) is 4.79 Å². The Kier molecular flexibility index (Phi) is 6.55. The van der Waals surface area contributed by atoms with E-state index in [1.165, 1.54) is 6.20 Å². The molecule has 4 rings (SSSR count). The standard InChI is InChI=1S/C20H21Cl2F3N5O2P/c1-33(32)8-6-29(7-9-33)19(31)15-10-27-17-18(28-15)30(5-4-26-17)11-12-13(20(23,24)25)2-3-14(21)16(12)22/h2-3,10H,4-9,11H2,1H3,(H,26,27). The third-order valence-corrected chi connectivity index (χ3v) is 8.91. The van der Waals surface area contributed by atoms with Gasteiger partial charge in [0.2, 0.25) is 0 Å². The number of nitrogens with one attached hydrogen (secondary N) is 1. The molecule has 7 nitrogen and oxygen atoms in total. The van der Waals surface area contributed by atoms with E-state index in [4.69, 9.17) is 23.2 Å². The summed E-state index contributed by atoms with van der Waals surface area (Å²) in [6.45, 7) is 2.99. The van der Waals surface area contributed by atoms with Crippen LogP contribution in [0.2, 0.25) is 10.0 Å². The van der Waals surface area contributed by atoms with Crippen molar-refractivity contribution in [2.45, 2.75) is 12.7 Å². The van der Waals surface area contributed by atoms with E-state index in [9.17, 15) is 22.5 Å². The molecule has 1 N–H and O–H groups in total. The summed E-state index contributed by atoms with van der Waals surface area (Å²) in [6, 6.07) is 2.02. The molecule has 0 bridgehead atoms. The van der Waals surface area contributed by atoms with Gasteiger partial charge in [0, 0.05) is 50.6 Å². The maximum atomic E-state index is 13.6. The van der Waals surface area contributed by atoms with Gasteiger partial charge in [-0.2, -0.15) is 13.2 Å². The molecule has 2 aromatic rings. The second-order valence-corrected chi connectivity index (χ2v) is 12.5. The lowest BCUT2D eigenvalue weighted by Gasteiger charge is -2.33. The zero-order valence-electron chi connectivity index (χ0n) is 17.6. The molecule has 178 valence electrons. The highest BCUT2D eigenvalue weighted by atomic mass is 35.5. The summed E-state index contributed by atoms with van der Waals surface area (Å²) in [7, 11) is -2.21. The van der Waals surface area contributed by atoms with E-state index in [0.717, 1.165) is 12.1 Å². The molecule has 0 atom stereocenters. The Morgan fingerprint density at radius 2 is 1.91 bits per heavy atom. The van der Waals surface area contributed by atoms with Crippen LogP contribution in [0.1, 0.15) is 21.6 Å². The van der Waals surface area contributed by atoms with E-state index < -0.39 is 18.9 Å². The third kappa shape index (κ3) is 5.08. The predicted molar refractivity (Wildman–Crippen MR) is 122 cm³/mol. The number of rotatable bonds is 3. The molecule has 1 fully saturated rings. The van der Waals surface area contributed by atoms with Crippen LogP contribution in [-0.2, 0) is 17.3 Å². The fourth-order valence-corrected chi connectivity index (χ4v) is 5.81. The van der Waals surface area contributed by atoms with Crippen LogP contribution in [0.5, 0.6) is 0 Å². The highest BCUT2D eigenvalue weighted by molar-refractivity contribution is 7.63. The first-order chi connectivity index (χ1) is 15.5. The van der Waals surface area contributed by atoms with Gasteiger partial charge < -0.3 is 19.7 Å². The Hall–Kier alpha value is -2.03. The van der Waals surface area contributed by atoms with E-state index in [2.05, 4.69) is 15.3 Å².